The Morgan fingerprint density at radius 1 is 1.50 bits per heavy atom. The molecule has 20 heavy (non-hydrogen) atoms. The summed E-state index contributed by atoms with van der Waals surface area (Å²) in [4.78, 5) is 30.2. The van der Waals surface area contributed by atoms with Gasteiger partial charge in [-0.3, -0.25) is 9.59 Å². The van der Waals surface area contributed by atoms with E-state index in [0.717, 1.165) is 12.8 Å². The van der Waals surface area contributed by atoms with Crippen molar-refractivity contribution in [3.63, 3.8) is 0 Å². The molecule has 1 heterocycles. The number of likely N-dealkylation sites (N-methyl/N-ethyl adjacent to an activating group) is 1. The van der Waals surface area contributed by atoms with Crippen LogP contribution >= 0.6 is 0 Å². The molecule has 0 saturated heterocycles. The minimum atomic E-state index is -0.454. The second kappa shape index (κ2) is 6.07. The first-order valence-electron chi connectivity index (χ1n) is 7.20. The summed E-state index contributed by atoms with van der Waals surface area (Å²) < 4.78 is 1.70. The van der Waals surface area contributed by atoms with Crippen LogP contribution in [0.25, 0.3) is 0 Å². The van der Waals surface area contributed by atoms with Crippen LogP contribution in [0.4, 0.5) is 5.82 Å². The van der Waals surface area contributed by atoms with E-state index in [9.17, 15) is 9.59 Å². The number of amides is 1. The lowest BCUT2D eigenvalue weighted by molar-refractivity contribution is -0.131. The average Bonchev–Trinajstić information content (AvgIpc) is 3.26. The Kier molecular flexibility index (Phi) is 4.42. The van der Waals surface area contributed by atoms with E-state index < -0.39 is 6.04 Å². The van der Waals surface area contributed by atoms with E-state index in [1.165, 1.54) is 0 Å². The number of aromatic nitrogens is 2. The van der Waals surface area contributed by atoms with Gasteiger partial charge in [-0.2, -0.15) is 0 Å². The van der Waals surface area contributed by atoms with Crippen LogP contribution in [-0.2, 0) is 4.79 Å². The second-order valence-electron chi connectivity index (χ2n) is 5.10. The monoisotopic (exact) mass is 278 g/mol. The number of nitrogens with one attached hydrogen (secondary N) is 1. The maximum atomic E-state index is 12.2. The van der Waals surface area contributed by atoms with Crippen molar-refractivity contribution in [3.8, 4) is 0 Å². The molecular weight excluding hydrogens is 256 g/mol. The molecule has 110 valence electrons. The number of hydrogen-bond donors (Lipinski definition) is 1. The van der Waals surface area contributed by atoms with Crippen molar-refractivity contribution in [2.75, 3.05) is 18.4 Å². The fourth-order valence-electron chi connectivity index (χ4n) is 2.24. The van der Waals surface area contributed by atoms with Crippen molar-refractivity contribution in [1.82, 2.24) is 14.5 Å². The first kappa shape index (κ1) is 14.6. The van der Waals surface area contributed by atoms with Gasteiger partial charge in [0.15, 0.2) is 5.82 Å². The minimum Gasteiger partial charge on any atom is -0.354 e. The van der Waals surface area contributed by atoms with Gasteiger partial charge in [-0.25, -0.2) is 4.98 Å². The van der Waals surface area contributed by atoms with Crippen molar-refractivity contribution >= 4 is 11.7 Å². The Balaban J connectivity index is 2.11. The van der Waals surface area contributed by atoms with Crippen molar-refractivity contribution in [2.45, 2.75) is 45.7 Å². The van der Waals surface area contributed by atoms with Gasteiger partial charge in [0.05, 0.1) is 0 Å². The van der Waals surface area contributed by atoms with Gasteiger partial charge in [-0.05, 0) is 33.6 Å². The van der Waals surface area contributed by atoms with E-state index in [2.05, 4.69) is 10.3 Å². The molecule has 0 aromatic carbocycles. The summed E-state index contributed by atoms with van der Waals surface area (Å²) in [6.45, 7) is 6.96. The smallest absolute Gasteiger partial charge is 0.293 e. The van der Waals surface area contributed by atoms with Gasteiger partial charge in [0, 0.05) is 31.5 Å². The summed E-state index contributed by atoms with van der Waals surface area (Å²) in [7, 11) is 0. The number of anilines is 1. The van der Waals surface area contributed by atoms with E-state index in [1.807, 2.05) is 13.8 Å². The van der Waals surface area contributed by atoms with Gasteiger partial charge in [0.1, 0.15) is 6.04 Å². The molecule has 1 unspecified atom stereocenters. The third-order valence-electron chi connectivity index (χ3n) is 3.61. The molecule has 0 spiro atoms. The fourth-order valence-corrected chi connectivity index (χ4v) is 2.24. The predicted octanol–water partition coefficient (Wildman–Crippen LogP) is 1.25. The van der Waals surface area contributed by atoms with Gasteiger partial charge >= 0.3 is 0 Å². The lowest BCUT2D eigenvalue weighted by Crippen LogP contribution is -2.42. The van der Waals surface area contributed by atoms with E-state index in [4.69, 9.17) is 0 Å². The Morgan fingerprint density at radius 2 is 2.15 bits per heavy atom. The third kappa shape index (κ3) is 3.00. The van der Waals surface area contributed by atoms with E-state index in [1.54, 1.807) is 28.8 Å². The van der Waals surface area contributed by atoms with Crippen LogP contribution in [0, 0.1) is 0 Å². The zero-order valence-corrected chi connectivity index (χ0v) is 12.3. The van der Waals surface area contributed by atoms with Gasteiger partial charge < -0.3 is 14.8 Å². The first-order valence-corrected chi connectivity index (χ1v) is 7.20. The Hall–Kier alpha value is -1.85. The van der Waals surface area contributed by atoms with E-state index in [-0.39, 0.29) is 17.3 Å². The van der Waals surface area contributed by atoms with Crippen molar-refractivity contribution < 1.29 is 4.79 Å². The first-order chi connectivity index (χ1) is 9.58. The molecule has 0 radical (unpaired) electrons. The van der Waals surface area contributed by atoms with Crippen LogP contribution < -0.4 is 10.9 Å². The van der Waals surface area contributed by atoms with Crippen molar-refractivity contribution in [1.29, 1.82) is 0 Å². The molecule has 1 aliphatic carbocycles. The third-order valence-corrected chi connectivity index (χ3v) is 3.61. The maximum Gasteiger partial charge on any atom is 0.293 e. The normalized spacial score (nSPS) is 15.8. The summed E-state index contributed by atoms with van der Waals surface area (Å²) >= 11 is 0. The van der Waals surface area contributed by atoms with Gasteiger partial charge in [-0.15, -0.1) is 0 Å². The molecule has 2 rings (SSSR count). The Morgan fingerprint density at radius 3 is 2.70 bits per heavy atom. The molecule has 6 nitrogen and oxygen atoms in total. The highest BCUT2D eigenvalue weighted by molar-refractivity contribution is 5.83. The topological polar surface area (TPSA) is 67.2 Å². The molecule has 1 N–H and O–H groups in total. The summed E-state index contributed by atoms with van der Waals surface area (Å²) in [5.41, 5.74) is -0.144. The SMILES string of the molecule is CCN(CC)C(=O)C(C)Nc1nccn(C2CC2)c1=O. The zero-order valence-electron chi connectivity index (χ0n) is 12.3. The van der Waals surface area contributed by atoms with Crippen LogP contribution in [0.5, 0.6) is 0 Å². The fraction of sp³-hybridized carbons (Fsp3) is 0.643. The number of rotatable bonds is 6. The quantitative estimate of drug-likeness (QED) is 0.850. The molecule has 1 amide bonds. The van der Waals surface area contributed by atoms with Crippen molar-refractivity contribution in [2.24, 2.45) is 0 Å². The maximum absolute atomic E-state index is 12.2. The van der Waals surface area contributed by atoms with Crippen LogP contribution in [-0.4, -0.2) is 39.5 Å². The van der Waals surface area contributed by atoms with Crippen LogP contribution in [0.1, 0.15) is 39.7 Å². The van der Waals surface area contributed by atoms with Gasteiger partial charge in [0.2, 0.25) is 5.91 Å². The predicted molar refractivity (Wildman–Crippen MR) is 77.8 cm³/mol. The zero-order chi connectivity index (χ0) is 14.7. The molecule has 1 aliphatic rings. The molecule has 0 bridgehead atoms. The molecular formula is C14H22N4O2. The number of hydrogen-bond acceptors (Lipinski definition) is 4. The molecule has 1 atom stereocenters. The summed E-state index contributed by atoms with van der Waals surface area (Å²) in [5, 5.41) is 2.95. The second-order valence-corrected chi connectivity index (χ2v) is 5.10. The lowest BCUT2D eigenvalue weighted by Gasteiger charge is -2.23. The Labute approximate surface area is 118 Å². The van der Waals surface area contributed by atoms with Gasteiger partial charge in [0.25, 0.3) is 5.56 Å². The highest BCUT2D eigenvalue weighted by Gasteiger charge is 2.26. The molecule has 1 saturated carbocycles. The highest BCUT2D eigenvalue weighted by atomic mass is 16.2. The molecule has 6 heteroatoms. The summed E-state index contributed by atoms with van der Waals surface area (Å²) in [6.07, 6.45) is 5.40. The van der Waals surface area contributed by atoms with Gasteiger partial charge in [-0.1, -0.05) is 0 Å². The molecule has 1 fully saturated rings. The summed E-state index contributed by atoms with van der Waals surface area (Å²) in [6, 6.07) is -0.148. The van der Waals surface area contributed by atoms with Crippen LogP contribution in [0.3, 0.4) is 0 Å². The van der Waals surface area contributed by atoms with E-state index >= 15 is 0 Å². The standard InChI is InChI=1S/C14H22N4O2/c1-4-17(5-2)13(19)10(3)16-12-14(20)18(9-8-15-12)11-6-7-11/h8-11H,4-7H2,1-3H3,(H,15,16). The average molecular weight is 278 g/mol. The van der Waals surface area contributed by atoms with Crippen LogP contribution in [0.2, 0.25) is 0 Å². The molecule has 1 aromatic heterocycles. The highest BCUT2D eigenvalue weighted by Crippen LogP contribution is 2.33. The summed E-state index contributed by atoms with van der Waals surface area (Å²) in [5.74, 6) is 0.241. The largest absolute Gasteiger partial charge is 0.354 e. The minimum absolute atomic E-state index is 0.0157. The number of carbonyl (C=O) groups excluding carboxylic acids is 1. The number of nitrogens with zero attached hydrogens (tertiary/aromatic N) is 3. The molecule has 1 aromatic rings. The van der Waals surface area contributed by atoms with Crippen molar-refractivity contribution in [3.05, 3.63) is 22.7 Å². The number of carbonyl (C=O) groups is 1. The molecule has 0 aliphatic heterocycles. The Bertz CT molecular complexity index is 532. The van der Waals surface area contributed by atoms with E-state index in [0.29, 0.717) is 19.1 Å². The lowest BCUT2D eigenvalue weighted by atomic mass is 10.3. The van der Waals surface area contributed by atoms with Crippen LogP contribution in [0.15, 0.2) is 17.2 Å².